The van der Waals surface area contributed by atoms with E-state index in [9.17, 15) is 18.8 Å². The zero-order valence-electron chi connectivity index (χ0n) is 19.3. The molecule has 1 unspecified atom stereocenters. The monoisotopic (exact) mass is 466 g/mol. The quantitative estimate of drug-likeness (QED) is 0.683. The van der Waals surface area contributed by atoms with E-state index in [1.165, 1.54) is 12.1 Å². The summed E-state index contributed by atoms with van der Waals surface area (Å²) in [5, 5.41) is 5.90. The Morgan fingerprint density at radius 3 is 2.41 bits per heavy atom. The largest absolute Gasteiger partial charge is 0.352 e. The molecule has 2 N–H and O–H groups in total. The number of anilines is 1. The van der Waals surface area contributed by atoms with Crippen molar-refractivity contribution in [1.82, 2.24) is 15.1 Å². The van der Waals surface area contributed by atoms with Crippen molar-refractivity contribution < 1.29 is 18.8 Å². The van der Waals surface area contributed by atoms with Gasteiger partial charge in [-0.3, -0.25) is 9.59 Å². The van der Waals surface area contributed by atoms with E-state index >= 15 is 0 Å². The first-order chi connectivity index (χ1) is 16.5. The molecule has 2 heterocycles. The fourth-order valence-electron chi connectivity index (χ4n) is 4.52. The molecule has 180 valence electrons. The predicted molar refractivity (Wildman–Crippen MR) is 128 cm³/mol. The van der Waals surface area contributed by atoms with Crippen LogP contribution < -0.4 is 10.6 Å². The molecule has 0 aliphatic carbocycles. The van der Waals surface area contributed by atoms with Crippen LogP contribution in [0.1, 0.15) is 36.8 Å². The fourth-order valence-corrected chi connectivity index (χ4v) is 4.52. The van der Waals surface area contributed by atoms with Crippen LogP contribution >= 0.6 is 0 Å². The molecule has 1 atom stereocenters. The summed E-state index contributed by atoms with van der Waals surface area (Å²) in [5.74, 6) is -0.717. The highest BCUT2D eigenvalue weighted by molar-refractivity contribution is 5.89. The van der Waals surface area contributed by atoms with Crippen molar-refractivity contribution >= 4 is 23.5 Å². The van der Waals surface area contributed by atoms with E-state index in [4.69, 9.17) is 0 Å². The van der Waals surface area contributed by atoms with Gasteiger partial charge in [0.25, 0.3) is 0 Å². The molecular weight excluding hydrogens is 435 g/mol. The zero-order chi connectivity index (χ0) is 23.9. The third kappa shape index (κ3) is 6.34. The minimum absolute atomic E-state index is 0.0504. The first-order valence-corrected chi connectivity index (χ1v) is 11.9. The van der Waals surface area contributed by atoms with Crippen LogP contribution in [0, 0.1) is 11.7 Å². The number of rotatable bonds is 6. The van der Waals surface area contributed by atoms with E-state index in [0.717, 1.165) is 49.9 Å². The predicted octanol–water partition coefficient (Wildman–Crippen LogP) is 3.55. The third-order valence-corrected chi connectivity index (χ3v) is 6.45. The van der Waals surface area contributed by atoms with Gasteiger partial charge in [-0.1, -0.05) is 24.3 Å². The lowest BCUT2D eigenvalue weighted by atomic mass is 9.96. The van der Waals surface area contributed by atoms with Gasteiger partial charge in [-0.15, -0.1) is 0 Å². The maximum atomic E-state index is 13.1. The van der Waals surface area contributed by atoms with Crippen LogP contribution in [-0.2, 0) is 22.6 Å². The number of amides is 4. The van der Waals surface area contributed by atoms with Crippen molar-refractivity contribution in [2.24, 2.45) is 5.92 Å². The maximum absolute atomic E-state index is 13.1. The van der Waals surface area contributed by atoms with E-state index < -0.39 is 0 Å². The van der Waals surface area contributed by atoms with E-state index in [-0.39, 0.29) is 36.0 Å². The van der Waals surface area contributed by atoms with Crippen LogP contribution in [0.15, 0.2) is 48.5 Å². The SMILES string of the molecule is O=C(NCc1cccc(NC(=O)N2CCCC2)c1)C1CCCN(C(=O)Cc2ccc(F)cc2)C1. The van der Waals surface area contributed by atoms with Crippen molar-refractivity contribution in [2.75, 3.05) is 31.5 Å². The highest BCUT2D eigenvalue weighted by atomic mass is 19.1. The van der Waals surface area contributed by atoms with Crippen molar-refractivity contribution in [1.29, 1.82) is 0 Å². The van der Waals surface area contributed by atoms with Gasteiger partial charge in [0.05, 0.1) is 12.3 Å². The molecule has 2 aliphatic rings. The van der Waals surface area contributed by atoms with Crippen LogP contribution in [0.25, 0.3) is 0 Å². The van der Waals surface area contributed by atoms with Crippen molar-refractivity contribution in [3.8, 4) is 0 Å². The standard InChI is InChI=1S/C26H31FN4O3/c27-22-10-8-19(9-11-22)16-24(32)31-14-4-6-21(18-31)25(33)28-17-20-5-3-7-23(15-20)29-26(34)30-12-1-2-13-30/h3,5,7-11,15,21H,1-2,4,6,12-14,16-18H2,(H,28,33)(H,29,34). The molecule has 2 fully saturated rings. The molecule has 7 nitrogen and oxygen atoms in total. The van der Waals surface area contributed by atoms with Gasteiger partial charge in [-0.25, -0.2) is 9.18 Å². The Morgan fingerprint density at radius 2 is 1.65 bits per heavy atom. The molecule has 2 saturated heterocycles. The van der Waals surface area contributed by atoms with E-state index in [0.29, 0.717) is 25.3 Å². The fraction of sp³-hybridized carbons (Fsp3) is 0.423. The molecule has 0 aromatic heterocycles. The lowest BCUT2D eigenvalue weighted by Crippen LogP contribution is -2.45. The number of carbonyl (C=O) groups is 3. The molecule has 4 amide bonds. The molecule has 0 spiro atoms. The summed E-state index contributed by atoms with van der Waals surface area (Å²) in [6.45, 7) is 2.94. The smallest absolute Gasteiger partial charge is 0.321 e. The Bertz CT molecular complexity index is 1020. The lowest BCUT2D eigenvalue weighted by Gasteiger charge is -2.32. The second kappa shape index (κ2) is 11.1. The summed E-state index contributed by atoms with van der Waals surface area (Å²) in [7, 11) is 0. The molecule has 2 aliphatic heterocycles. The summed E-state index contributed by atoms with van der Waals surface area (Å²) in [5.41, 5.74) is 2.36. The number of likely N-dealkylation sites (tertiary alicyclic amines) is 2. The lowest BCUT2D eigenvalue weighted by molar-refractivity contribution is -0.135. The van der Waals surface area contributed by atoms with Gasteiger partial charge in [-0.2, -0.15) is 0 Å². The minimum atomic E-state index is -0.328. The first kappa shape index (κ1) is 23.7. The molecule has 8 heteroatoms. The number of hydrogen-bond acceptors (Lipinski definition) is 3. The van der Waals surface area contributed by atoms with Gasteiger partial charge in [0.15, 0.2) is 0 Å². The average molecular weight is 467 g/mol. The second-order valence-corrected chi connectivity index (χ2v) is 9.02. The highest BCUT2D eigenvalue weighted by Gasteiger charge is 2.28. The van der Waals surface area contributed by atoms with Crippen LogP contribution in [0.4, 0.5) is 14.9 Å². The molecule has 0 saturated carbocycles. The van der Waals surface area contributed by atoms with Gasteiger partial charge in [0.2, 0.25) is 11.8 Å². The van der Waals surface area contributed by atoms with Crippen LogP contribution in [0.2, 0.25) is 0 Å². The minimum Gasteiger partial charge on any atom is -0.352 e. The molecule has 34 heavy (non-hydrogen) atoms. The molecule has 2 aromatic rings. The number of halogens is 1. The van der Waals surface area contributed by atoms with E-state index in [1.54, 1.807) is 21.9 Å². The Balaban J connectivity index is 1.26. The number of piperidine rings is 1. The Morgan fingerprint density at radius 1 is 0.912 bits per heavy atom. The van der Waals surface area contributed by atoms with Crippen molar-refractivity contribution in [3.05, 3.63) is 65.5 Å². The van der Waals surface area contributed by atoms with Gasteiger partial charge in [0, 0.05) is 38.4 Å². The van der Waals surface area contributed by atoms with Gasteiger partial charge in [-0.05, 0) is 61.1 Å². The van der Waals surface area contributed by atoms with Gasteiger partial charge >= 0.3 is 6.03 Å². The summed E-state index contributed by atoms with van der Waals surface area (Å²) < 4.78 is 13.1. The summed E-state index contributed by atoms with van der Waals surface area (Å²) >= 11 is 0. The Labute approximate surface area is 199 Å². The topological polar surface area (TPSA) is 81.8 Å². The molecule has 0 bridgehead atoms. The number of hydrogen-bond donors (Lipinski definition) is 2. The molecule has 4 rings (SSSR count). The summed E-state index contributed by atoms with van der Waals surface area (Å²) in [6.07, 6.45) is 3.78. The highest BCUT2D eigenvalue weighted by Crippen LogP contribution is 2.19. The average Bonchev–Trinajstić information content (AvgIpc) is 3.40. The number of nitrogens with one attached hydrogen (secondary N) is 2. The van der Waals surface area contributed by atoms with Gasteiger partial charge < -0.3 is 20.4 Å². The zero-order valence-corrected chi connectivity index (χ0v) is 19.3. The van der Waals surface area contributed by atoms with Crippen LogP contribution in [0.5, 0.6) is 0 Å². The Kier molecular flexibility index (Phi) is 7.77. The molecule has 0 radical (unpaired) electrons. The summed E-state index contributed by atoms with van der Waals surface area (Å²) in [4.78, 5) is 41.3. The normalized spacial score (nSPS) is 18.0. The second-order valence-electron chi connectivity index (χ2n) is 9.02. The van der Waals surface area contributed by atoms with E-state index in [1.807, 2.05) is 24.3 Å². The number of urea groups is 1. The van der Waals surface area contributed by atoms with Crippen molar-refractivity contribution in [2.45, 2.75) is 38.6 Å². The molecular formula is C26H31FN4O3. The first-order valence-electron chi connectivity index (χ1n) is 11.9. The molecule has 2 aromatic carbocycles. The van der Waals surface area contributed by atoms with Crippen LogP contribution in [0.3, 0.4) is 0 Å². The van der Waals surface area contributed by atoms with Crippen molar-refractivity contribution in [3.63, 3.8) is 0 Å². The maximum Gasteiger partial charge on any atom is 0.321 e. The Hall–Kier alpha value is -3.42. The van der Waals surface area contributed by atoms with Gasteiger partial charge in [0.1, 0.15) is 5.82 Å². The third-order valence-electron chi connectivity index (χ3n) is 6.45. The number of carbonyl (C=O) groups excluding carboxylic acids is 3. The number of nitrogens with zero attached hydrogens (tertiary/aromatic N) is 2. The van der Waals surface area contributed by atoms with E-state index in [2.05, 4.69) is 10.6 Å². The number of benzene rings is 2. The van der Waals surface area contributed by atoms with Crippen LogP contribution in [-0.4, -0.2) is 53.8 Å². The summed E-state index contributed by atoms with van der Waals surface area (Å²) in [6, 6.07) is 13.3.